The Bertz CT molecular complexity index is 931. The Morgan fingerprint density at radius 3 is 2.73 bits per heavy atom. The van der Waals surface area contributed by atoms with Crippen molar-refractivity contribution in [3.05, 3.63) is 75.0 Å². The average molecular weight is 313 g/mol. The molecule has 110 valence electrons. The molecular weight excluding hydrogens is 300 g/mol. The molecule has 0 atom stereocenters. The summed E-state index contributed by atoms with van der Waals surface area (Å²) >= 11 is 6.06. The summed E-state index contributed by atoms with van der Waals surface area (Å²) in [6.45, 7) is 1.83. The van der Waals surface area contributed by atoms with Crippen LogP contribution in [0.1, 0.15) is 15.9 Å². The van der Waals surface area contributed by atoms with E-state index in [1.54, 1.807) is 36.4 Å². The van der Waals surface area contributed by atoms with Crippen LogP contribution < -0.4 is 10.9 Å². The number of benzene rings is 2. The Morgan fingerprint density at radius 1 is 1.14 bits per heavy atom. The highest BCUT2D eigenvalue weighted by Gasteiger charge is 2.13. The lowest BCUT2D eigenvalue weighted by Gasteiger charge is -2.10. The second kappa shape index (κ2) is 5.66. The summed E-state index contributed by atoms with van der Waals surface area (Å²) in [4.78, 5) is 27.0. The van der Waals surface area contributed by atoms with E-state index in [1.165, 1.54) is 6.07 Å². The van der Waals surface area contributed by atoms with Crippen LogP contribution in [0.2, 0.25) is 5.02 Å². The van der Waals surface area contributed by atoms with Crippen LogP contribution in [0.15, 0.2) is 53.3 Å². The largest absolute Gasteiger partial charge is 0.322 e. The van der Waals surface area contributed by atoms with E-state index in [4.69, 9.17) is 11.6 Å². The predicted molar refractivity (Wildman–Crippen MR) is 88.7 cm³/mol. The summed E-state index contributed by atoms with van der Waals surface area (Å²) < 4.78 is 0. The average Bonchev–Trinajstić information content (AvgIpc) is 2.51. The van der Waals surface area contributed by atoms with Crippen LogP contribution in [0.3, 0.4) is 0 Å². The normalized spacial score (nSPS) is 10.6. The molecule has 0 saturated carbocycles. The number of aromatic nitrogens is 1. The van der Waals surface area contributed by atoms with Gasteiger partial charge in [0.1, 0.15) is 0 Å². The number of fused-ring (bicyclic) bond motifs is 1. The van der Waals surface area contributed by atoms with E-state index in [0.717, 1.165) is 5.56 Å². The van der Waals surface area contributed by atoms with Crippen LogP contribution in [-0.4, -0.2) is 10.9 Å². The zero-order valence-electron chi connectivity index (χ0n) is 11.8. The number of para-hydroxylation sites is 1. The number of pyridine rings is 1. The van der Waals surface area contributed by atoms with Crippen LogP contribution in [0.4, 0.5) is 5.69 Å². The first-order valence-electron chi connectivity index (χ1n) is 6.75. The Labute approximate surface area is 131 Å². The molecular formula is C17H13ClN2O2. The fourth-order valence-electron chi connectivity index (χ4n) is 2.33. The maximum atomic E-state index is 12.5. The molecule has 0 radical (unpaired) electrons. The number of amides is 1. The van der Waals surface area contributed by atoms with Crippen LogP contribution in [0.25, 0.3) is 10.9 Å². The molecule has 0 saturated heterocycles. The molecule has 0 aliphatic heterocycles. The number of carbonyl (C=O) groups is 1. The minimum absolute atomic E-state index is 0.313. The summed E-state index contributed by atoms with van der Waals surface area (Å²) in [7, 11) is 0. The van der Waals surface area contributed by atoms with Gasteiger partial charge in [-0.2, -0.15) is 0 Å². The summed E-state index contributed by atoms with van der Waals surface area (Å²) in [6.07, 6.45) is 0. The van der Waals surface area contributed by atoms with Crippen molar-refractivity contribution in [1.82, 2.24) is 4.98 Å². The van der Waals surface area contributed by atoms with Crippen molar-refractivity contribution in [3.8, 4) is 0 Å². The molecule has 0 fully saturated rings. The summed E-state index contributed by atoms with van der Waals surface area (Å²) in [5, 5.41) is 4.08. The first-order valence-corrected chi connectivity index (χ1v) is 7.12. The van der Waals surface area contributed by atoms with Crippen LogP contribution in [0, 0.1) is 6.92 Å². The van der Waals surface area contributed by atoms with Gasteiger partial charge in [0.15, 0.2) is 0 Å². The molecule has 3 aromatic rings. The van der Waals surface area contributed by atoms with Crippen molar-refractivity contribution in [1.29, 1.82) is 0 Å². The lowest BCUT2D eigenvalue weighted by molar-refractivity contribution is 0.102. The van der Waals surface area contributed by atoms with Gasteiger partial charge in [-0.15, -0.1) is 0 Å². The molecule has 4 nitrogen and oxygen atoms in total. The molecule has 2 N–H and O–H groups in total. The molecule has 0 unspecified atom stereocenters. The lowest BCUT2D eigenvalue weighted by atomic mass is 10.1. The van der Waals surface area contributed by atoms with E-state index in [1.807, 2.05) is 13.0 Å². The molecule has 1 aromatic heterocycles. The van der Waals surface area contributed by atoms with Gasteiger partial charge < -0.3 is 10.3 Å². The number of aromatic amines is 1. The van der Waals surface area contributed by atoms with E-state index in [0.29, 0.717) is 27.2 Å². The maximum absolute atomic E-state index is 12.5. The first kappa shape index (κ1) is 14.4. The predicted octanol–water partition coefficient (Wildman–Crippen LogP) is 3.74. The standard InChI is InChI=1S/C17H13ClN2O2/c1-10-13(18)6-4-8-14(10)20-17(22)12-9-16(21)19-15-7-3-2-5-11(12)15/h2-9H,1H3,(H,19,21)(H,20,22). The van der Waals surface area contributed by atoms with E-state index in [-0.39, 0.29) is 11.5 Å². The van der Waals surface area contributed by atoms with Crippen LogP contribution >= 0.6 is 11.6 Å². The zero-order chi connectivity index (χ0) is 15.7. The van der Waals surface area contributed by atoms with Crippen LogP contribution in [-0.2, 0) is 0 Å². The van der Waals surface area contributed by atoms with Crippen molar-refractivity contribution in [2.24, 2.45) is 0 Å². The number of anilines is 1. The Hall–Kier alpha value is -2.59. The highest BCUT2D eigenvalue weighted by molar-refractivity contribution is 6.31. The van der Waals surface area contributed by atoms with Gasteiger partial charge in [0, 0.05) is 27.7 Å². The van der Waals surface area contributed by atoms with E-state index >= 15 is 0 Å². The highest BCUT2D eigenvalue weighted by atomic mass is 35.5. The highest BCUT2D eigenvalue weighted by Crippen LogP contribution is 2.24. The topological polar surface area (TPSA) is 62.0 Å². The second-order valence-corrected chi connectivity index (χ2v) is 5.37. The van der Waals surface area contributed by atoms with Gasteiger partial charge in [-0.05, 0) is 30.7 Å². The monoisotopic (exact) mass is 312 g/mol. The molecule has 22 heavy (non-hydrogen) atoms. The lowest BCUT2D eigenvalue weighted by Crippen LogP contribution is -2.17. The quantitative estimate of drug-likeness (QED) is 0.757. The third-order valence-electron chi connectivity index (χ3n) is 3.51. The molecule has 0 spiro atoms. The fourth-order valence-corrected chi connectivity index (χ4v) is 2.50. The Kier molecular flexibility index (Phi) is 3.69. The fraction of sp³-hybridized carbons (Fsp3) is 0.0588. The molecule has 0 aliphatic carbocycles. The SMILES string of the molecule is Cc1c(Cl)cccc1NC(=O)c1cc(=O)[nH]c2ccccc12. The summed E-state index contributed by atoms with van der Waals surface area (Å²) in [6, 6.07) is 13.8. The van der Waals surface area contributed by atoms with Gasteiger partial charge in [-0.1, -0.05) is 35.9 Å². The molecule has 3 rings (SSSR count). The maximum Gasteiger partial charge on any atom is 0.256 e. The van der Waals surface area contributed by atoms with Gasteiger partial charge in [0.05, 0.1) is 5.56 Å². The Morgan fingerprint density at radius 2 is 1.91 bits per heavy atom. The molecule has 1 heterocycles. The van der Waals surface area contributed by atoms with E-state index in [2.05, 4.69) is 10.3 Å². The van der Waals surface area contributed by atoms with Gasteiger partial charge in [0.2, 0.25) is 5.56 Å². The van der Waals surface area contributed by atoms with Gasteiger partial charge in [0.25, 0.3) is 5.91 Å². The zero-order valence-corrected chi connectivity index (χ0v) is 12.6. The molecule has 0 aliphatic rings. The first-order chi connectivity index (χ1) is 10.6. The molecule has 1 amide bonds. The smallest absolute Gasteiger partial charge is 0.256 e. The van der Waals surface area contributed by atoms with Gasteiger partial charge in [-0.3, -0.25) is 9.59 Å². The van der Waals surface area contributed by atoms with Crippen molar-refractivity contribution >= 4 is 34.1 Å². The second-order valence-electron chi connectivity index (χ2n) is 4.96. The third-order valence-corrected chi connectivity index (χ3v) is 3.92. The number of halogens is 1. The van der Waals surface area contributed by atoms with E-state index in [9.17, 15) is 9.59 Å². The number of carbonyl (C=O) groups excluding carboxylic acids is 1. The number of rotatable bonds is 2. The number of hydrogen-bond acceptors (Lipinski definition) is 2. The number of nitrogens with one attached hydrogen (secondary N) is 2. The molecule has 0 bridgehead atoms. The van der Waals surface area contributed by atoms with Crippen LogP contribution in [0.5, 0.6) is 0 Å². The number of H-pyrrole nitrogens is 1. The van der Waals surface area contributed by atoms with Gasteiger partial charge >= 0.3 is 0 Å². The minimum Gasteiger partial charge on any atom is -0.322 e. The van der Waals surface area contributed by atoms with Crippen molar-refractivity contribution in [2.75, 3.05) is 5.32 Å². The van der Waals surface area contributed by atoms with Crippen molar-refractivity contribution < 1.29 is 4.79 Å². The summed E-state index contributed by atoms with van der Waals surface area (Å²) in [5.41, 5.74) is 2.06. The molecule has 5 heteroatoms. The Balaban J connectivity index is 2.06. The van der Waals surface area contributed by atoms with Gasteiger partial charge in [-0.25, -0.2) is 0 Å². The van der Waals surface area contributed by atoms with E-state index < -0.39 is 0 Å². The number of hydrogen-bond donors (Lipinski definition) is 2. The minimum atomic E-state index is -0.340. The van der Waals surface area contributed by atoms with Crippen molar-refractivity contribution in [3.63, 3.8) is 0 Å². The third kappa shape index (κ3) is 2.61. The summed E-state index contributed by atoms with van der Waals surface area (Å²) in [5.74, 6) is -0.340. The molecule has 2 aromatic carbocycles. The van der Waals surface area contributed by atoms with Crippen molar-refractivity contribution in [2.45, 2.75) is 6.92 Å².